The molecule has 1 N–H and O–H groups in total. The fraction of sp³-hybridized carbons (Fsp3) is 0.500. The summed E-state index contributed by atoms with van der Waals surface area (Å²) in [7, 11) is 1.69. The number of benzene rings is 2. The standard InChI is InChI=1S/C30H41N3O4/c1-4-29-31-15-19-33(29)17-6-20-36-27-12-9-25(21-28(27)35-3)22-32-16-5-13-30(34,14-18-32)23-37-26-10-7-24(2)8-11-26/h7-12,15,19,21,34H,4-6,13-14,16-18,20,22-23H2,1-3H3/t30-/m0/s1. The van der Waals surface area contributed by atoms with Gasteiger partial charge in [0.2, 0.25) is 0 Å². The van der Waals surface area contributed by atoms with Crippen molar-refractivity contribution in [2.75, 3.05) is 33.4 Å². The second-order valence-electron chi connectivity index (χ2n) is 10.0. The van der Waals surface area contributed by atoms with Crippen LogP contribution in [0.4, 0.5) is 0 Å². The third-order valence-electron chi connectivity index (χ3n) is 7.09. The molecule has 3 aromatic rings. The Morgan fingerprint density at radius 3 is 2.65 bits per heavy atom. The Hall–Kier alpha value is -3.03. The van der Waals surface area contributed by atoms with Crippen molar-refractivity contribution in [3.8, 4) is 17.2 Å². The highest BCUT2D eigenvalue weighted by atomic mass is 16.5. The average molecular weight is 508 g/mol. The summed E-state index contributed by atoms with van der Waals surface area (Å²) in [6.07, 6.45) is 8.07. The fourth-order valence-electron chi connectivity index (χ4n) is 4.85. The van der Waals surface area contributed by atoms with E-state index in [1.807, 2.05) is 42.7 Å². The van der Waals surface area contributed by atoms with Crippen molar-refractivity contribution in [1.82, 2.24) is 14.5 Å². The van der Waals surface area contributed by atoms with Crippen LogP contribution in [-0.2, 0) is 19.5 Å². The molecule has 1 aromatic heterocycles. The first-order valence-corrected chi connectivity index (χ1v) is 13.4. The Morgan fingerprint density at radius 2 is 1.86 bits per heavy atom. The Labute approximate surface area is 221 Å². The van der Waals surface area contributed by atoms with E-state index in [9.17, 15) is 5.11 Å². The number of likely N-dealkylation sites (tertiary alicyclic amines) is 1. The van der Waals surface area contributed by atoms with Gasteiger partial charge in [0.25, 0.3) is 0 Å². The van der Waals surface area contributed by atoms with Crippen molar-refractivity contribution in [3.63, 3.8) is 0 Å². The molecule has 0 spiro atoms. The number of aromatic nitrogens is 2. The zero-order valence-electron chi connectivity index (χ0n) is 22.5. The topological polar surface area (TPSA) is 69.0 Å². The van der Waals surface area contributed by atoms with Crippen molar-refractivity contribution in [2.45, 2.75) is 64.6 Å². The van der Waals surface area contributed by atoms with Crippen LogP contribution in [0.5, 0.6) is 17.2 Å². The summed E-state index contributed by atoms with van der Waals surface area (Å²) in [4.78, 5) is 6.77. The number of rotatable bonds is 12. The smallest absolute Gasteiger partial charge is 0.161 e. The molecule has 1 aliphatic heterocycles. The maximum absolute atomic E-state index is 11.2. The first-order valence-electron chi connectivity index (χ1n) is 13.4. The number of aryl methyl sites for hydroxylation is 3. The lowest BCUT2D eigenvalue weighted by atomic mass is 9.96. The molecular formula is C30H41N3O4. The molecule has 0 bridgehead atoms. The average Bonchev–Trinajstić information content (AvgIpc) is 3.29. The predicted octanol–water partition coefficient (Wildman–Crippen LogP) is 5.03. The summed E-state index contributed by atoms with van der Waals surface area (Å²) < 4.78 is 19.8. The van der Waals surface area contributed by atoms with Crippen molar-refractivity contribution in [3.05, 3.63) is 71.8 Å². The van der Waals surface area contributed by atoms with Crippen LogP contribution in [0.3, 0.4) is 0 Å². The van der Waals surface area contributed by atoms with E-state index in [4.69, 9.17) is 14.2 Å². The quantitative estimate of drug-likeness (QED) is 0.347. The van der Waals surface area contributed by atoms with E-state index in [0.717, 1.165) is 74.9 Å². The molecule has 0 radical (unpaired) electrons. The number of ether oxygens (including phenoxy) is 3. The summed E-state index contributed by atoms with van der Waals surface area (Å²) in [6, 6.07) is 14.2. The van der Waals surface area contributed by atoms with Gasteiger partial charge in [0.05, 0.1) is 19.3 Å². The van der Waals surface area contributed by atoms with E-state index in [2.05, 4.69) is 40.4 Å². The third kappa shape index (κ3) is 7.73. The van der Waals surface area contributed by atoms with E-state index in [-0.39, 0.29) is 0 Å². The van der Waals surface area contributed by atoms with Gasteiger partial charge in [0, 0.05) is 38.4 Å². The monoisotopic (exact) mass is 507 g/mol. The van der Waals surface area contributed by atoms with Crippen LogP contribution in [-0.4, -0.2) is 58.6 Å². The maximum Gasteiger partial charge on any atom is 0.161 e. The van der Waals surface area contributed by atoms with Crippen LogP contribution in [0.25, 0.3) is 0 Å². The number of hydrogen-bond donors (Lipinski definition) is 1. The highest BCUT2D eigenvalue weighted by Crippen LogP contribution is 2.30. The SMILES string of the molecule is CCc1nccn1CCCOc1ccc(CN2CCC[C@@](O)(COc3ccc(C)cc3)CC2)cc1OC. The molecular weight excluding hydrogens is 466 g/mol. The van der Waals surface area contributed by atoms with Gasteiger partial charge < -0.3 is 23.9 Å². The molecule has 7 heteroatoms. The molecule has 1 saturated heterocycles. The molecule has 1 aliphatic rings. The minimum atomic E-state index is -0.802. The highest BCUT2D eigenvalue weighted by molar-refractivity contribution is 5.43. The van der Waals surface area contributed by atoms with E-state index in [1.54, 1.807) is 7.11 Å². The van der Waals surface area contributed by atoms with E-state index in [0.29, 0.717) is 19.6 Å². The van der Waals surface area contributed by atoms with Crippen LogP contribution >= 0.6 is 0 Å². The van der Waals surface area contributed by atoms with Crippen LogP contribution in [0.2, 0.25) is 0 Å². The lowest BCUT2D eigenvalue weighted by molar-refractivity contribution is -0.0168. The molecule has 0 saturated carbocycles. The molecule has 1 fully saturated rings. The lowest BCUT2D eigenvalue weighted by Crippen LogP contribution is -2.37. The normalized spacial score (nSPS) is 18.4. The molecule has 7 nitrogen and oxygen atoms in total. The minimum Gasteiger partial charge on any atom is -0.493 e. The van der Waals surface area contributed by atoms with Crippen LogP contribution < -0.4 is 14.2 Å². The van der Waals surface area contributed by atoms with Gasteiger partial charge in [-0.05, 0) is 69.0 Å². The number of aliphatic hydroxyl groups is 1. The lowest BCUT2D eigenvalue weighted by Gasteiger charge is -2.27. The van der Waals surface area contributed by atoms with Crippen molar-refractivity contribution >= 4 is 0 Å². The number of imidazole rings is 1. The van der Waals surface area contributed by atoms with Crippen molar-refractivity contribution in [1.29, 1.82) is 0 Å². The third-order valence-corrected chi connectivity index (χ3v) is 7.09. The first-order chi connectivity index (χ1) is 18.0. The van der Waals surface area contributed by atoms with Gasteiger partial charge in [-0.15, -0.1) is 0 Å². The van der Waals surface area contributed by atoms with E-state index in [1.165, 1.54) is 11.1 Å². The van der Waals surface area contributed by atoms with Gasteiger partial charge in [-0.2, -0.15) is 0 Å². The summed E-state index contributed by atoms with van der Waals surface area (Å²) >= 11 is 0. The maximum atomic E-state index is 11.2. The van der Waals surface area contributed by atoms with Crippen LogP contribution in [0, 0.1) is 6.92 Å². The molecule has 2 aromatic carbocycles. The van der Waals surface area contributed by atoms with E-state index < -0.39 is 5.60 Å². The molecule has 200 valence electrons. The van der Waals surface area contributed by atoms with Gasteiger partial charge in [0.15, 0.2) is 11.5 Å². The number of methoxy groups -OCH3 is 1. The van der Waals surface area contributed by atoms with Crippen molar-refractivity contribution in [2.24, 2.45) is 0 Å². The minimum absolute atomic E-state index is 0.324. The summed E-state index contributed by atoms with van der Waals surface area (Å²) in [5.74, 6) is 3.44. The fourth-order valence-corrected chi connectivity index (χ4v) is 4.85. The second kappa shape index (κ2) is 13.0. The molecule has 0 unspecified atom stereocenters. The predicted molar refractivity (Wildman–Crippen MR) is 145 cm³/mol. The van der Waals surface area contributed by atoms with E-state index >= 15 is 0 Å². The molecule has 2 heterocycles. The Bertz CT molecular complexity index is 1110. The van der Waals surface area contributed by atoms with Crippen molar-refractivity contribution < 1.29 is 19.3 Å². The van der Waals surface area contributed by atoms with Crippen LogP contribution in [0.15, 0.2) is 54.9 Å². The van der Waals surface area contributed by atoms with Gasteiger partial charge in [-0.1, -0.05) is 30.7 Å². The highest BCUT2D eigenvalue weighted by Gasteiger charge is 2.31. The zero-order chi connectivity index (χ0) is 26.1. The van der Waals surface area contributed by atoms with Gasteiger partial charge in [-0.25, -0.2) is 4.98 Å². The second-order valence-corrected chi connectivity index (χ2v) is 10.0. The number of nitrogens with zero attached hydrogens (tertiary/aromatic N) is 3. The molecule has 4 rings (SSSR count). The summed E-state index contributed by atoms with van der Waals surface area (Å²) in [5.41, 5.74) is 1.57. The Balaban J connectivity index is 1.25. The molecule has 0 amide bonds. The van der Waals surface area contributed by atoms with Gasteiger partial charge in [0.1, 0.15) is 18.2 Å². The number of hydrogen-bond acceptors (Lipinski definition) is 6. The van der Waals surface area contributed by atoms with Gasteiger partial charge >= 0.3 is 0 Å². The zero-order valence-corrected chi connectivity index (χ0v) is 22.5. The largest absolute Gasteiger partial charge is 0.493 e. The van der Waals surface area contributed by atoms with Crippen LogP contribution in [0.1, 0.15) is 49.6 Å². The summed E-state index contributed by atoms with van der Waals surface area (Å²) in [5, 5.41) is 11.2. The summed E-state index contributed by atoms with van der Waals surface area (Å²) in [6.45, 7) is 8.58. The Kier molecular flexibility index (Phi) is 9.47. The van der Waals surface area contributed by atoms with Gasteiger partial charge in [-0.3, -0.25) is 4.90 Å². The first kappa shape index (κ1) is 27.0. The molecule has 37 heavy (non-hydrogen) atoms. The molecule has 0 aliphatic carbocycles. The Morgan fingerprint density at radius 1 is 1.03 bits per heavy atom. The molecule has 1 atom stereocenters.